The van der Waals surface area contributed by atoms with Gasteiger partial charge >= 0.3 is 0 Å². The molecule has 0 amide bonds. The summed E-state index contributed by atoms with van der Waals surface area (Å²) in [6.07, 6.45) is 12.5. The molecule has 0 nitrogen and oxygen atoms in total. The van der Waals surface area contributed by atoms with Crippen molar-refractivity contribution in [3.05, 3.63) is 0 Å². The lowest BCUT2D eigenvalue weighted by atomic mass is 9.62. The molecule has 3 heteroatoms. The first-order valence-corrected chi connectivity index (χ1v) is 13.4. The Morgan fingerprint density at radius 2 is 1.07 bits per heavy atom. The molecule has 0 saturated heterocycles. The Balaban J connectivity index is 1.23. The Kier molecular flexibility index (Phi) is 7.77. The van der Waals surface area contributed by atoms with Gasteiger partial charge in [0.05, 0.1) is 0 Å². The molecule has 0 bridgehead atoms. The number of rotatable bonds is 4. The highest BCUT2D eigenvalue weighted by atomic mass is 19.2. The second kappa shape index (κ2) is 10.2. The number of hydrogen-bond acceptors (Lipinski definition) is 0. The second-order valence-electron chi connectivity index (χ2n) is 11.8. The maximum atomic E-state index is 15.2. The van der Waals surface area contributed by atoms with Gasteiger partial charge in [0.15, 0.2) is 0 Å². The minimum atomic E-state index is -1.38. The molecule has 0 heterocycles. The van der Waals surface area contributed by atoms with Gasteiger partial charge in [-0.15, -0.1) is 0 Å². The molecule has 4 aliphatic carbocycles. The van der Waals surface area contributed by atoms with Crippen LogP contribution >= 0.6 is 0 Å². The molecule has 0 radical (unpaired) electrons. The van der Waals surface area contributed by atoms with Crippen LogP contribution in [0.5, 0.6) is 0 Å². The first-order chi connectivity index (χ1) is 14.5. The lowest BCUT2D eigenvalue weighted by molar-refractivity contribution is -0.0155. The van der Waals surface area contributed by atoms with E-state index in [0.717, 1.165) is 30.6 Å². The molecule has 4 aliphatic rings. The van der Waals surface area contributed by atoms with E-state index in [0.29, 0.717) is 24.7 Å². The van der Waals surface area contributed by atoms with E-state index in [4.69, 9.17) is 0 Å². The first-order valence-electron chi connectivity index (χ1n) is 13.4. The predicted octanol–water partition coefficient (Wildman–Crippen LogP) is 8.49. The minimum absolute atomic E-state index is 0.0282. The summed E-state index contributed by atoms with van der Waals surface area (Å²) in [6.45, 7) is 4.14. The van der Waals surface area contributed by atoms with Crippen LogP contribution in [0.2, 0.25) is 0 Å². The van der Waals surface area contributed by atoms with Crippen molar-refractivity contribution >= 4 is 0 Å². The van der Waals surface area contributed by atoms with Gasteiger partial charge in [-0.1, -0.05) is 33.1 Å². The molecular weight excluding hydrogens is 381 g/mol. The van der Waals surface area contributed by atoms with E-state index in [1.54, 1.807) is 6.92 Å². The van der Waals surface area contributed by atoms with Crippen molar-refractivity contribution in [3.8, 4) is 0 Å². The van der Waals surface area contributed by atoms with Crippen molar-refractivity contribution in [2.24, 2.45) is 47.3 Å². The molecule has 4 fully saturated rings. The van der Waals surface area contributed by atoms with Crippen molar-refractivity contribution in [1.29, 1.82) is 0 Å². The molecule has 0 spiro atoms. The van der Waals surface area contributed by atoms with Gasteiger partial charge in [-0.05, 0) is 118 Å². The summed E-state index contributed by atoms with van der Waals surface area (Å²) >= 11 is 0. The summed E-state index contributed by atoms with van der Waals surface area (Å²) in [5, 5.41) is 0. The maximum absolute atomic E-state index is 15.2. The highest BCUT2D eigenvalue weighted by molar-refractivity contribution is 4.94. The van der Waals surface area contributed by atoms with Gasteiger partial charge in [-0.25, -0.2) is 13.2 Å². The highest BCUT2D eigenvalue weighted by Gasteiger charge is 2.44. The Labute approximate surface area is 183 Å². The van der Waals surface area contributed by atoms with Gasteiger partial charge in [0.25, 0.3) is 0 Å². The third-order valence-corrected chi connectivity index (χ3v) is 10.2. The molecule has 0 aromatic heterocycles. The summed E-state index contributed by atoms with van der Waals surface area (Å²) in [6, 6.07) is 0. The monoisotopic (exact) mass is 426 g/mol. The van der Waals surface area contributed by atoms with Gasteiger partial charge < -0.3 is 0 Å². The average Bonchev–Trinajstić information content (AvgIpc) is 2.77. The minimum Gasteiger partial charge on any atom is -0.247 e. The van der Waals surface area contributed by atoms with Crippen LogP contribution in [0.4, 0.5) is 13.2 Å². The third kappa shape index (κ3) is 5.06. The molecule has 0 N–H and O–H groups in total. The quantitative estimate of drug-likeness (QED) is 0.423. The van der Waals surface area contributed by atoms with Crippen LogP contribution in [-0.2, 0) is 0 Å². The summed E-state index contributed by atoms with van der Waals surface area (Å²) in [5.74, 6) is 3.86. The van der Waals surface area contributed by atoms with E-state index >= 15 is 4.39 Å². The predicted molar refractivity (Wildman–Crippen MR) is 119 cm³/mol. The van der Waals surface area contributed by atoms with Crippen molar-refractivity contribution in [2.45, 2.75) is 122 Å². The van der Waals surface area contributed by atoms with Crippen LogP contribution in [0.15, 0.2) is 0 Å². The standard InChI is InChI=1S/C27H45F3/c1-3-18-4-6-19(7-5-18)20-8-10-21(11-9-20)22-12-13-24(25(28)15-22)23-14-17(2)27(30)26(29)16-23/h17-27H,3-16H2,1-2H3. The Bertz CT molecular complexity index is 508. The summed E-state index contributed by atoms with van der Waals surface area (Å²) in [4.78, 5) is 0. The van der Waals surface area contributed by atoms with Crippen LogP contribution in [0, 0.1) is 47.3 Å². The highest BCUT2D eigenvalue weighted by Crippen LogP contribution is 2.49. The third-order valence-electron chi connectivity index (χ3n) is 10.2. The van der Waals surface area contributed by atoms with Crippen LogP contribution in [0.3, 0.4) is 0 Å². The van der Waals surface area contributed by atoms with E-state index < -0.39 is 18.5 Å². The van der Waals surface area contributed by atoms with E-state index in [9.17, 15) is 8.78 Å². The van der Waals surface area contributed by atoms with E-state index in [1.165, 1.54) is 57.8 Å². The van der Waals surface area contributed by atoms with Gasteiger partial charge in [-0.3, -0.25) is 0 Å². The molecule has 7 atom stereocenters. The molecule has 7 unspecified atom stereocenters. The van der Waals surface area contributed by atoms with Crippen molar-refractivity contribution < 1.29 is 13.2 Å². The van der Waals surface area contributed by atoms with Crippen LogP contribution in [0.25, 0.3) is 0 Å². The lowest BCUT2D eigenvalue weighted by Crippen LogP contribution is -2.42. The van der Waals surface area contributed by atoms with Crippen molar-refractivity contribution in [3.63, 3.8) is 0 Å². The first kappa shape index (κ1) is 23.0. The number of alkyl halides is 3. The average molecular weight is 427 g/mol. The topological polar surface area (TPSA) is 0 Å². The fourth-order valence-electron chi connectivity index (χ4n) is 8.11. The SMILES string of the molecule is CCC1CCC(C2CCC(C3CCC(C4CC(C)C(F)C(F)C4)C(F)C3)CC2)CC1. The maximum Gasteiger partial charge on any atom is 0.134 e. The van der Waals surface area contributed by atoms with Gasteiger partial charge in [-0.2, -0.15) is 0 Å². The molecule has 0 aromatic rings. The summed E-state index contributed by atoms with van der Waals surface area (Å²) in [5.41, 5.74) is 0. The summed E-state index contributed by atoms with van der Waals surface area (Å²) in [7, 11) is 0. The van der Waals surface area contributed by atoms with Crippen LogP contribution < -0.4 is 0 Å². The molecule has 0 aromatic carbocycles. The largest absolute Gasteiger partial charge is 0.247 e. The Morgan fingerprint density at radius 1 is 0.567 bits per heavy atom. The van der Waals surface area contributed by atoms with Crippen LogP contribution in [-0.4, -0.2) is 18.5 Å². The zero-order valence-corrected chi connectivity index (χ0v) is 19.4. The van der Waals surface area contributed by atoms with E-state index in [2.05, 4.69) is 6.92 Å². The molecule has 30 heavy (non-hydrogen) atoms. The molecule has 4 rings (SSSR count). The van der Waals surface area contributed by atoms with E-state index in [1.807, 2.05) is 0 Å². The van der Waals surface area contributed by atoms with Gasteiger partial charge in [0.1, 0.15) is 18.5 Å². The normalized spacial score (nSPS) is 50.9. The Hall–Kier alpha value is -0.210. The lowest BCUT2D eigenvalue weighted by Gasteiger charge is -2.45. The van der Waals surface area contributed by atoms with Crippen molar-refractivity contribution in [2.75, 3.05) is 0 Å². The fraction of sp³-hybridized carbons (Fsp3) is 1.00. The Morgan fingerprint density at radius 3 is 1.60 bits per heavy atom. The molecule has 4 saturated carbocycles. The molecule has 174 valence electrons. The van der Waals surface area contributed by atoms with Gasteiger partial charge in [0.2, 0.25) is 0 Å². The fourth-order valence-corrected chi connectivity index (χ4v) is 8.11. The van der Waals surface area contributed by atoms with Gasteiger partial charge in [0, 0.05) is 0 Å². The number of hydrogen-bond donors (Lipinski definition) is 0. The number of halogens is 3. The molecule has 0 aliphatic heterocycles. The zero-order chi connectivity index (χ0) is 21.3. The molecular formula is C27H45F3. The zero-order valence-electron chi connectivity index (χ0n) is 19.4. The van der Waals surface area contributed by atoms with Crippen LogP contribution in [0.1, 0.15) is 104 Å². The summed E-state index contributed by atoms with van der Waals surface area (Å²) < 4.78 is 43.1. The second-order valence-corrected chi connectivity index (χ2v) is 11.8. The van der Waals surface area contributed by atoms with E-state index in [-0.39, 0.29) is 24.2 Å². The smallest absolute Gasteiger partial charge is 0.134 e. The van der Waals surface area contributed by atoms with Crippen molar-refractivity contribution in [1.82, 2.24) is 0 Å².